The molecule has 144 valence electrons. The lowest BCUT2D eigenvalue weighted by Gasteiger charge is -2.20. The van der Waals surface area contributed by atoms with E-state index >= 15 is 0 Å². The molecule has 0 aromatic heterocycles. The number of carbonyl (C=O) groups is 2. The van der Waals surface area contributed by atoms with Crippen LogP contribution in [0.25, 0.3) is 0 Å². The van der Waals surface area contributed by atoms with Crippen molar-refractivity contribution in [1.82, 2.24) is 0 Å². The number of unbranched alkanes of at least 4 members (excludes halogenated alkanes) is 1. The van der Waals surface area contributed by atoms with E-state index in [2.05, 4.69) is 0 Å². The smallest absolute Gasteiger partial charge is 0.229 e. The van der Waals surface area contributed by atoms with Gasteiger partial charge in [-0.05, 0) is 57.7 Å². The summed E-state index contributed by atoms with van der Waals surface area (Å²) in [6.45, 7) is 11.4. The van der Waals surface area contributed by atoms with Crippen molar-refractivity contribution in [3.63, 3.8) is 0 Å². The van der Waals surface area contributed by atoms with E-state index in [1.807, 2.05) is 65.8 Å². The van der Waals surface area contributed by atoms with Crippen LogP contribution in [0, 0.1) is 34.6 Å². The molecular weight excluding hydrogens is 355 g/mol. The Morgan fingerprint density at radius 2 is 1.37 bits per heavy atom. The lowest BCUT2D eigenvalue weighted by molar-refractivity contribution is 0.103. The summed E-state index contributed by atoms with van der Waals surface area (Å²) in [5, 5.41) is 0. The molecule has 0 aliphatic carbocycles. The van der Waals surface area contributed by atoms with Gasteiger partial charge < -0.3 is 4.57 Å². The minimum absolute atomic E-state index is 0.126. The molecule has 0 aliphatic heterocycles. The summed E-state index contributed by atoms with van der Waals surface area (Å²) in [4.78, 5) is 26.8. The maximum absolute atomic E-state index is 13.9. The predicted octanol–water partition coefficient (Wildman–Crippen LogP) is 6.37. The molecule has 0 saturated heterocycles. The highest BCUT2D eigenvalue weighted by atomic mass is 31.2. The first-order valence-corrected chi connectivity index (χ1v) is 11.3. The Balaban J connectivity index is 2.61. The van der Waals surface area contributed by atoms with Crippen LogP contribution in [0.2, 0.25) is 0 Å². The van der Waals surface area contributed by atoms with Gasteiger partial charge in [0.05, 0.1) is 0 Å². The molecule has 1 atom stereocenters. The summed E-state index contributed by atoms with van der Waals surface area (Å²) in [6.07, 6.45) is 1.49. The molecule has 0 aliphatic rings. The van der Waals surface area contributed by atoms with E-state index in [1.54, 1.807) is 6.07 Å². The van der Waals surface area contributed by atoms with Crippen LogP contribution < -0.4 is 0 Å². The van der Waals surface area contributed by atoms with Crippen molar-refractivity contribution < 1.29 is 14.2 Å². The molecule has 0 heterocycles. The van der Waals surface area contributed by atoms with E-state index < -0.39 is 18.2 Å². The van der Waals surface area contributed by atoms with Gasteiger partial charge in [0.2, 0.25) is 18.2 Å². The Morgan fingerprint density at radius 1 is 0.815 bits per heavy atom. The summed E-state index contributed by atoms with van der Waals surface area (Å²) in [7, 11) is -3.75. The monoisotopic (exact) mass is 384 g/mol. The molecular formula is C23H29O3P. The number of rotatable bonds is 7. The molecule has 0 amide bonds. The molecule has 0 bridgehead atoms. The van der Waals surface area contributed by atoms with Gasteiger partial charge in [0.25, 0.3) is 0 Å². The molecule has 0 N–H and O–H groups in total. The number of hydrogen-bond acceptors (Lipinski definition) is 3. The second-order valence-corrected chi connectivity index (χ2v) is 10.3. The third-order valence-electron chi connectivity index (χ3n) is 4.99. The lowest BCUT2D eigenvalue weighted by Crippen LogP contribution is -2.16. The van der Waals surface area contributed by atoms with Crippen LogP contribution in [0.3, 0.4) is 0 Å². The molecule has 0 fully saturated rings. The summed E-state index contributed by atoms with van der Waals surface area (Å²) in [5.74, 6) is 0. The Morgan fingerprint density at radius 3 is 1.89 bits per heavy atom. The van der Waals surface area contributed by atoms with Crippen molar-refractivity contribution in [2.45, 2.75) is 54.4 Å². The topological polar surface area (TPSA) is 51.2 Å². The normalized spacial score (nSPS) is 13.3. The van der Waals surface area contributed by atoms with Gasteiger partial charge in [0.15, 0.2) is 0 Å². The van der Waals surface area contributed by atoms with Crippen LogP contribution in [0.15, 0.2) is 30.3 Å². The van der Waals surface area contributed by atoms with Crippen LogP contribution in [-0.4, -0.2) is 17.2 Å². The van der Waals surface area contributed by atoms with Crippen molar-refractivity contribution >= 4 is 18.2 Å². The molecule has 3 nitrogen and oxygen atoms in total. The largest absolute Gasteiger partial charge is 0.307 e. The summed E-state index contributed by atoms with van der Waals surface area (Å²) in [6, 6.07) is 9.24. The van der Waals surface area contributed by atoms with Crippen LogP contribution in [0.1, 0.15) is 68.3 Å². The van der Waals surface area contributed by atoms with E-state index in [4.69, 9.17) is 0 Å². The minimum Gasteiger partial charge on any atom is -0.307 e. The van der Waals surface area contributed by atoms with Crippen LogP contribution in [0.4, 0.5) is 0 Å². The Kier molecular flexibility index (Phi) is 6.59. The first-order valence-electron chi connectivity index (χ1n) is 9.45. The van der Waals surface area contributed by atoms with Crippen LogP contribution in [0.5, 0.6) is 0 Å². The molecule has 0 saturated carbocycles. The average molecular weight is 384 g/mol. The van der Waals surface area contributed by atoms with Gasteiger partial charge >= 0.3 is 0 Å². The zero-order valence-corrected chi connectivity index (χ0v) is 18.1. The van der Waals surface area contributed by atoms with Gasteiger partial charge in [-0.3, -0.25) is 9.59 Å². The fourth-order valence-corrected chi connectivity index (χ4v) is 6.33. The highest BCUT2D eigenvalue weighted by Crippen LogP contribution is 2.53. The van der Waals surface area contributed by atoms with Gasteiger partial charge in [-0.15, -0.1) is 0 Å². The highest BCUT2D eigenvalue weighted by Gasteiger charge is 2.41. The quantitative estimate of drug-likeness (QED) is 0.521. The first kappa shape index (κ1) is 21.3. The van der Waals surface area contributed by atoms with E-state index in [9.17, 15) is 14.2 Å². The number of aryl methyl sites for hydroxylation is 5. The third-order valence-corrected chi connectivity index (χ3v) is 7.71. The number of hydrogen-bond donors (Lipinski definition) is 0. The molecule has 1 unspecified atom stereocenters. The Labute approximate surface area is 162 Å². The van der Waals surface area contributed by atoms with Gasteiger partial charge in [-0.1, -0.05) is 54.8 Å². The lowest BCUT2D eigenvalue weighted by atomic mass is 10.0. The van der Waals surface area contributed by atoms with Gasteiger partial charge in [0.1, 0.15) is 0 Å². The van der Waals surface area contributed by atoms with Gasteiger partial charge in [-0.25, -0.2) is 0 Å². The van der Waals surface area contributed by atoms with Crippen molar-refractivity contribution in [2.75, 3.05) is 6.16 Å². The SMILES string of the molecule is CCCCP(=O)(C(=O)c1ccc(C)cc1C)C(=O)c1c(C)cc(C)cc1C. The summed E-state index contributed by atoms with van der Waals surface area (Å²) in [5.41, 5.74) is 4.25. The molecule has 2 aromatic carbocycles. The average Bonchev–Trinajstić information content (AvgIpc) is 2.58. The standard InChI is InChI=1S/C23H29O3P/c1-7-8-11-27(26,22(24)20-10-9-15(2)12-17(20)4)23(25)21-18(5)13-16(3)14-19(21)6/h9-10,12-14H,7-8,11H2,1-6H3. The maximum Gasteiger partial charge on any atom is 0.229 e. The van der Waals surface area contributed by atoms with Crippen LogP contribution >= 0.6 is 7.14 Å². The third kappa shape index (κ3) is 4.30. The minimum atomic E-state index is -3.75. The summed E-state index contributed by atoms with van der Waals surface area (Å²) >= 11 is 0. The second kappa shape index (κ2) is 8.35. The molecule has 27 heavy (non-hydrogen) atoms. The summed E-state index contributed by atoms with van der Waals surface area (Å²) < 4.78 is 13.9. The fraction of sp³-hybridized carbons (Fsp3) is 0.391. The second-order valence-electron chi connectivity index (χ2n) is 7.52. The van der Waals surface area contributed by atoms with Crippen molar-refractivity contribution in [3.8, 4) is 0 Å². The molecule has 4 heteroatoms. The van der Waals surface area contributed by atoms with Gasteiger partial charge in [0, 0.05) is 17.3 Å². The van der Waals surface area contributed by atoms with E-state index in [0.717, 1.165) is 34.2 Å². The van der Waals surface area contributed by atoms with E-state index in [-0.39, 0.29) is 6.16 Å². The molecule has 0 radical (unpaired) electrons. The van der Waals surface area contributed by atoms with Crippen molar-refractivity contribution in [3.05, 3.63) is 69.3 Å². The zero-order valence-electron chi connectivity index (χ0n) is 17.2. The Bertz CT molecular complexity index is 918. The van der Waals surface area contributed by atoms with Crippen molar-refractivity contribution in [2.24, 2.45) is 0 Å². The molecule has 2 rings (SSSR count). The van der Waals surface area contributed by atoms with Crippen LogP contribution in [-0.2, 0) is 4.57 Å². The Hall–Kier alpha value is -1.99. The van der Waals surface area contributed by atoms with E-state index in [1.165, 1.54) is 0 Å². The fourth-order valence-electron chi connectivity index (χ4n) is 3.62. The van der Waals surface area contributed by atoms with Gasteiger partial charge in [-0.2, -0.15) is 0 Å². The first-order chi connectivity index (χ1) is 12.6. The number of carbonyl (C=O) groups excluding carboxylic acids is 2. The predicted molar refractivity (Wildman–Crippen MR) is 113 cm³/mol. The molecule has 2 aromatic rings. The van der Waals surface area contributed by atoms with Crippen molar-refractivity contribution in [1.29, 1.82) is 0 Å². The molecule has 0 spiro atoms. The maximum atomic E-state index is 13.9. The zero-order chi connectivity index (χ0) is 20.4. The number of benzene rings is 2. The highest BCUT2D eigenvalue weighted by molar-refractivity contribution is 7.95. The van der Waals surface area contributed by atoms with E-state index in [0.29, 0.717) is 17.5 Å².